The molecule has 0 amide bonds. The van der Waals surface area contributed by atoms with Crippen LogP contribution in [0.2, 0.25) is 0 Å². The molecule has 7 nitrogen and oxygen atoms in total. The number of hydrogen-bond acceptors (Lipinski definition) is 4. The Morgan fingerprint density at radius 2 is 1.88 bits per heavy atom. The number of benzene rings is 1. The number of aryl methyl sites for hydroxylation is 3. The Morgan fingerprint density at radius 3 is 2.50 bits per heavy atom. The first-order valence-corrected chi connectivity index (χ1v) is 9.47. The summed E-state index contributed by atoms with van der Waals surface area (Å²) >= 11 is 0. The number of rotatable bonds is 5. The van der Waals surface area contributed by atoms with Crippen molar-refractivity contribution in [2.45, 2.75) is 32.2 Å². The molecule has 0 unspecified atom stereocenters. The predicted octanol–water partition coefficient (Wildman–Crippen LogP) is 2.53. The van der Waals surface area contributed by atoms with Crippen molar-refractivity contribution in [2.24, 2.45) is 7.05 Å². The highest BCUT2D eigenvalue weighted by atomic mass is 32.2. The minimum Gasteiger partial charge on any atom is -0.276 e. The monoisotopic (exact) mass is 377 g/mol. The molecule has 0 spiro atoms. The van der Waals surface area contributed by atoms with E-state index in [1.807, 2.05) is 0 Å². The number of aromatic nitrogens is 4. The van der Waals surface area contributed by atoms with Gasteiger partial charge < -0.3 is 0 Å². The summed E-state index contributed by atoms with van der Waals surface area (Å²) in [7, 11) is -2.11. The van der Waals surface area contributed by atoms with Crippen molar-refractivity contribution in [3.63, 3.8) is 0 Å². The lowest BCUT2D eigenvalue weighted by atomic mass is 10.2. The van der Waals surface area contributed by atoms with Gasteiger partial charge in [-0.2, -0.15) is 10.2 Å². The molecule has 3 aromatic rings. The van der Waals surface area contributed by atoms with E-state index in [1.54, 1.807) is 44.6 Å². The molecule has 0 radical (unpaired) electrons. The number of nitrogens with one attached hydrogen (secondary N) is 1. The zero-order valence-electron chi connectivity index (χ0n) is 15.0. The second kappa shape index (κ2) is 6.56. The van der Waals surface area contributed by atoms with Crippen LogP contribution in [0.3, 0.4) is 0 Å². The third-order valence-electron chi connectivity index (χ3n) is 4.10. The van der Waals surface area contributed by atoms with Crippen LogP contribution in [-0.4, -0.2) is 28.0 Å². The van der Waals surface area contributed by atoms with Gasteiger partial charge in [0.25, 0.3) is 10.0 Å². The molecule has 1 aromatic carbocycles. The second-order valence-electron chi connectivity index (χ2n) is 6.19. The van der Waals surface area contributed by atoms with E-state index in [-0.39, 0.29) is 10.7 Å². The van der Waals surface area contributed by atoms with Gasteiger partial charge in [0, 0.05) is 13.2 Å². The molecule has 9 heteroatoms. The first-order valence-electron chi connectivity index (χ1n) is 7.99. The Morgan fingerprint density at radius 1 is 1.15 bits per heavy atom. The van der Waals surface area contributed by atoms with Crippen LogP contribution in [0.25, 0.3) is 0 Å². The number of halogens is 1. The fraction of sp³-hybridized carbons (Fsp3) is 0.294. The van der Waals surface area contributed by atoms with E-state index in [4.69, 9.17) is 0 Å². The molecule has 0 fully saturated rings. The van der Waals surface area contributed by atoms with Crippen molar-refractivity contribution in [1.29, 1.82) is 0 Å². The molecular formula is C17H20FN5O2S. The average molecular weight is 377 g/mol. The van der Waals surface area contributed by atoms with Crippen molar-refractivity contribution in [3.8, 4) is 0 Å². The van der Waals surface area contributed by atoms with Crippen molar-refractivity contribution >= 4 is 15.7 Å². The zero-order valence-corrected chi connectivity index (χ0v) is 15.8. The lowest BCUT2D eigenvalue weighted by Gasteiger charge is -2.08. The maximum Gasteiger partial charge on any atom is 0.265 e. The molecule has 26 heavy (non-hydrogen) atoms. The smallest absolute Gasteiger partial charge is 0.265 e. The van der Waals surface area contributed by atoms with Gasteiger partial charge in [0.05, 0.1) is 29.3 Å². The van der Waals surface area contributed by atoms with Crippen molar-refractivity contribution in [3.05, 3.63) is 58.9 Å². The summed E-state index contributed by atoms with van der Waals surface area (Å²) in [6.45, 7) is 5.48. The van der Waals surface area contributed by atoms with Crippen LogP contribution >= 0.6 is 0 Å². The van der Waals surface area contributed by atoms with Crippen LogP contribution in [0.5, 0.6) is 0 Å². The summed E-state index contributed by atoms with van der Waals surface area (Å²) in [5, 5.41) is 8.46. The third kappa shape index (κ3) is 3.48. The van der Waals surface area contributed by atoms with Crippen molar-refractivity contribution in [2.75, 3.05) is 4.72 Å². The summed E-state index contributed by atoms with van der Waals surface area (Å²) in [5.41, 5.74) is 2.78. The number of hydrogen-bond donors (Lipinski definition) is 1. The molecule has 0 aliphatic rings. The highest BCUT2D eigenvalue weighted by Gasteiger charge is 2.23. The number of anilines is 1. The lowest BCUT2D eigenvalue weighted by Crippen LogP contribution is -2.14. The topological polar surface area (TPSA) is 81.8 Å². The number of sulfonamides is 1. The normalized spacial score (nSPS) is 11.7. The van der Waals surface area contributed by atoms with Crippen LogP contribution in [0, 0.1) is 26.6 Å². The summed E-state index contributed by atoms with van der Waals surface area (Å²) in [6, 6.07) is 6.23. The van der Waals surface area contributed by atoms with Crippen LogP contribution < -0.4 is 4.72 Å². The quantitative estimate of drug-likeness (QED) is 0.741. The van der Waals surface area contributed by atoms with E-state index in [2.05, 4.69) is 14.9 Å². The fourth-order valence-electron chi connectivity index (χ4n) is 2.84. The Balaban J connectivity index is 1.92. The first kappa shape index (κ1) is 18.1. The van der Waals surface area contributed by atoms with Crippen molar-refractivity contribution in [1.82, 2.24) is 19.6 Å². The van der Waals surface area contributed by atoms with Gasteiger partial charge in [0.1, 0.15) is 10.7 Å². The third-order valence-corrected chi connectivity index (χ3v) is 5.55. The van der Waals surface area contributed by atoms with E-state index in [9.17, 15) is 12.8 Å². The van der Waals surface area contributed by atoms with E-state index in [0.717, 1.165) is 5.56 Å². The van der Waals surface area contributed by atoms with E-state index in [1.165, 1.54) is 23.0 Å². The van der Waals surface area contributed by atoms with Gasteiger partial charge in [0.15, 0.2) is 0 Å². The first-order chi connectivity index (χ1) is 12.2. The molecule has 0 bridgehead atoms. The van der Waals surface area contributed by atoms with Gasteiger partial charge >= 0.3 is 0 Å². The molecule has 0 atom stereocenters. The summed E-state index contributed by atoms with van der Waals surface area (Å²) < 4.78 is 44.5. The molecule has 0 saturated carbocycles. The zero-order chi connectivity index (χ0) is 19.1. The van der Waals surface area contributed by atoms with Crippen LogP contribution in [-0.2, 0) is 23.6 Å². The largest absolute Gasteiger partial charge is 0.276 e. The molecule has 138 valence electrons. The van der Waals surface area contributed by atoms with E-state index in [0.29, 0.717) is 29.3 Å². The molecule has 0 aliphatic carbocycles. The minimum absolute atomic E-state index is 0.122. The minimum atomic E-state index is -3.78. The Bertz CT molecular complexity index is 1070. The van der Waals surface area contributed by atoms with Gasteiger partial charge in [0.2, 0.25) is 0 Å². The lowest BCUT2D eigenvalue weighted by molar-refractivity contribution is 0.600. The van der Waals surface area contributed by atoms with Gasteiger partial charge in [-0.15, -0.1) is 0 Å². The van der Waals surface area contributed by atoms with Crippen LogP contribution in [0.1, 0.15) is 22.6 Å². The fourth-order valence-corrected chi connectivity index (χ4v) is 4.23. The highest BCUT2D eigenvalue weighted by Crippen LogP contribution is 2.25. The molecule has 1 N–H and O–H groups in total. The van der Waals surface area contributed by atoms with E-state index >= 15 is 0 Å². The predicted molar refractivity (Wildman–Crippen MR) is 96.0 cm³/mol. The second-order valence-corrected chi connectivity index (χ2v) is 7.84. The molecule has 2 aromatic heterocycles. The average Bonchev–Trinajstić information content (AvgIpc) is 3.01. The van der Waals surface area contributed by atoms with Gasteiger partial charge in [-0.05, 0) is 38.5 Å². The molecule has 2 heterocycles. The SMILES string of the molecule is Cc1nn(C)cc1S(=O)(=O)Nc1c(C)nn(Cc2cccc(F)c2)c1C. The van der Waals surface area contributed by atoms with Gasteiger partial charge in [-0.25, -0.2) is 12.8 Å². The molecule has 3 rings (SSSR count). The Kier molecular flexibility index (Phi) is 4.57. The van der Waals surface area contributed by atoms with Crippen LogP contribution in [0.4, 0.5) is 10.1 Å². The maximum absolute atomic E-state index is 13.4. The van der Waals surface area contributed by atoms with Crippen molar-refractivity contribution < 1.29 is 12.8 Å². The molecule has 0 saturated heterocycles. The number of nitrogens with zero attached hydrogens (tertiary/aromatic N) is 4. The standard InChI is InChI=1S/C17H20FN5O2S/c1-11-16(10-22(4)19-11)26(24,25)21-17-12(2)20-23(13(17)3)9-14-6-5-7-15(18)8-14/h5-8,10,21H,9H2,1-4H3. The maximum atomic E-state index is 13.4. The summed E-state index contributed by atoms with van der Waals surface area (Å²) in [6.07, 6.45) is 1.46. The Labute approximate surface area is 151 Å². The van der Waals surface area contributed by atoms with Gasteiger partial charge in [-0.3, -0.25) is 14.1 Å². The van der Waals surface area contributed by atoms with Gasteiger partial charge in [-0.1, -0.05) is 12.1 Å². The summed E-state index contributed by atoms with van der Waals surface area (Å²) in [5.74, 6) is -0.322. The van der Waals surface area contributed by atoms with Crippen LogP contribution in [0.15, 0.2) is 35.4 Å². The molecular weight excluding hydrogens is 357 g/mol. The van der Waals surface area contributed by atoms with E-state index < -0.39 is 10.0 Å². The summed E-state index contributed by atoms with van der Waals surface area (Å²) in [4.78, 5) is 0.122. The molecule has 0 aliphatic heterocycles. The highest BCUT2D eigenvalue weighted by molar-refractivity contribution is 7.92. The Hall–Kier alpha value is -2.68.